The number of piperidine rings is 2. The zero-order valence-corrected chi connectivity index (χ0v) is 12.9. The van der Waals surface area contributed by atoms with E-state index in [1.807, 2.05) is 7.05 Å². The van der Waals surface area contributed by atoms with Crippen LogP contribution in [0.5, 0.6) is 0 Å². The third-order valence-electron chi connectivity index (χ3n) is 4.34. The Bertz CT molecular complexity index is 450. The first-order valence-electron chi connectivity index (χ1n) is 7.18. The van der Waals surface area contributed by atoms with E-state index in [9.17, 15) is 8.42 Å². The molecule has 0 spiro atoms. The molecular weight excluding hydrogens is 278 g/mol. The van der Waals surface area contributed by atoms with Gasteiger partial charge >= 0.3 is 0 Å². The summed E-state index contributed by atoms with van der Waals surface area (Å²) >= 11 is 0. The van der Waals surface area contributed by atoms with Gasteiger partial charge in [0, 0.05) is 26.2 Å². The number of nitrogens with one attached hydrogen (secondary N) is 2. The number of nitrogens with zero attached hydrogens (tertiary/aromatic N) is 2. The van der Waals surface area contributed by atoms with E-state index in [0.29, 0.717) is 25.9 Å². The second-order valence-electron chi connectivity index (χ2n) is 5.87. The van der Waals surface area contributed by atoms with Crippen molar-refractivity contribution in [1.82, 2.24) is 13.9 Å². The summed E-state index contributed by atoms with van der Waals surface area (Å²) in [6.07, 6.45) is 3.97. The van der Waals surface area contributed by atoms with Crippen LogP contribution in [0.3, 0.4) is 0 Å². The molecule has 0 radical (unpaired) electrons. The highest BCUT2D eigenvalue weighted by atomic mass is 32.2. The highest BCUT2D eigenvalue weighted by Crippen LogP contribution is 2.24. The van der Waals surface area contributed by atoms with Gasteiger partial charge in [0.15, 0.2) is 0 Å². The Morgan fingerprint density at radius 2 is 1.70 bits per heavy atom. The first-order chi connectivity index (χ1) is 9.36. The van der Waals surface area contributed by atoms with Crippen LogP contribution in [-0.2, 0) is 10.2 Å². The van der Waals surface area contributed by atoms with Gasteiger partial charge in [0.1, 0.15) is 5.84 Å². The van der Waals surface area contributed by atoms with Gasteiger partial charge in [-0.1, -0.05) is 6.42 Å². The second kappa shape index (κ2) is 5.97. The zero-order valence-electron chi connectivity index (χ0n) is 12.1. The molecule has 0 atom stereocenters. The highest BCUT2D eigenvalue weighted by molar-refractivity contribution is 7.87. The number of nitrogens with two attached hydrogens (primary N) is 1. The molecule has 2 aliphatic rings. The van der Waals surface area contributed by atoms with Gasteiger partial charge in [-0.05, 0) is 32.7 Å². The maximum atomic E-state index is 12.5. The molecule has 0 aromatic rings. The molecule has 0 aliphatic carbocycles. The zero-order chi connectivity index (χ0) is 14.8. The summed E-state index contributed by atoms with van der Waals surface area (Å²) in [5.41, 5.74) is 4.79. The van der Waals surface area contributed by atoms with Crippen LogP contribution in [0.2, 0.25) is 0 Å². The monoisotopic (exact) mass is 303 g/mol. The molecule has 2 fully saturated rings. The molecule has 4 N–H and O–H groups in total. The van der Waals surface area contributed by atoms with E-state index in [-0.39, 0.29) is 5.84 Å². The van der Waals surface area contributed by atoms with Crippen LogP contribution in [0.25, 0.3) is 0 Å². The lowest BCUT2D eigenvalue weighted by Gasteiger charge is -2.41. The Kier molecular flexibility index (Phi) is 4.68. The molecule has 2 aliphatic heterocycles. The number of amidine groups is 1. The largest absolute Gasteiger partial charge is 0.386 e. The fourth-order valence-corrected chi connectivity index (χ4v) is 4.52. The van der Waals surface area contributed by atoms with Gasteiger partial charge < -0.3 is 10.6 Å². The van der Waals surface area contributed by atoms with E-state index < -0.39 is 15.7 Å². The van der Waals surface area contributed by atoms with Crippen molar-refractivity contribution in [2.45, 2.75) is 37.6 Å². The summed E-state index contributed by atoms with van der Waals surface area (Å²) in [6.45, 7) is 2.59. The first kappa shape index (κ1) is 15.7. The van der Waals surface area contributed by atoms with Gasteiger partial charge in [-0.15, -0.1) is 0 Å². The predicted molar refractivity (Wildman–Crippen MR) is 78.9 cm³/mol. The molecule has 2 saturated heterocycles. The summed E-state index contributed by atoms with van der Waals surface area (Å²) in [4.78, 5) is 2.12. The Labute approximate surface area is 121 Å². The standard InChI is InChI=1S/C12H25N5O2S/c1-16-9-5-12(6-10-16,11(13)14)15-20(18,19)17-7-3-2-4-8-17/h15H,2-10H2,1H3,(H3,13,14). The van der Waals surface area contributed by atoms with Crippen LogP contribution < -0.4 is 10.5 Å². The van der Waals surface area contributed by atoms with Crippen LogP contribution >= 0.6 is 0 Å². The van der Waals surface area contributed by atoms with E-state index in [1.165, 1.54) is 4.31 Å². The van der Waals surface area contributed by atoms with Gasteiger partial charge in [-0.3, -0.25) is 5.41 Å². The lowest BCUT2D eigenvalue weighted by molar-refractivity contribution is 0.215. The first-order valence-corrected chi connectivity index (χ1v) is 8.62. The van der Waals surface area contributed by atoms with Crippen molar-refractivity contribution < 1.29 is 8.42 Å². The number of hydrogen-bond acceptors (Lipinski definition) is 4. The van der Waals surface area contributed by atoms with Crippen molar-refractivity contribution in [3.05, 3.63) is 0 Å². The molecule has 8 heteroatoms. The second-order valence-corrected chi connectivity index (χ2v) is 7.54. The quantitative estimate of drug-likeness (QED) is 0.490. The minimum absolute atomic E-state index is 0.0776. The van der Waals surface area contributed by atoms with Crippen LogP contribution in [0.15, 0.2) is 0 Å². The molecule has 0 saturated carbocycles. The molecule has 0 amide bonds. The lowest BCUT2D eigenvalue weighted by atomic mass is 9.88. The molecule has 116 valence electrons. The highest BCUT2D eigenvalue weighted by Gasteiger charge is 2.42. The lowest BCUT2D eigenvalue weighted by Crippen LogP contribution is -2.63. The van der Waals surface area contributed by atoms with Crippen LogP contribution in [0.4, 0.5) is 0 Å². The summed E-state index contributed by atoms with van der Waals surface area (Å²) in [5.74, 6) is -0.0776. The fourth-order valence-electron chi connectivity index (χ4n) is 2.84. The Balaban J connectivity index is 2.13. The predicted octanol–water partition coefficient (Wildman–Crippen LogP) is -0.293. The maximum absolute atomic E-state index is 12.5. The van der Waals surface area contributed by atoms with E-state index in [2.05, 4.69) is 9.62 Å². The number of hydrogen-bond donors (Lipinski definition) is 3. The minimum Gasteiger partial charge on any atom is -0.386 e. The van der Waals surface area contributed by atoms with Crippen molar-refractivity contribution in [3.63, 3.8) is 0 Å². The minimum atomic E-state index is -3.56. The summed E-state index contributed by atoms with van der Waals surface area (Å²) in [5, 5.41) is 7.81. The normalized spacial score (nSPS) is 25.4. The molecule has 0 bridgehead atoms. The van der Waals surface area contributed by atoms with Gasteiger partial charge in [0.25, 0.3) is 10.2 Å². The molecule has 0 aromatic heterocycles. The fraction of sp³-hybridized carbons (Fsp3) is 0.917. The van der Waals surface area contributed by atoms with E-state index >= 15 is 0 Å². The van der Waals surface area contributed by atoms with Crippen LogP contribution in [-0.4, -0.2) is 62.2 Å². The molecule has 2 rings (SSSR count). The summed E-state index contributed by atoms with van der Waals surface area (Å²) in [6, 6.07) is 0. The van der Waals surface area contributed by atoms with Gasteiger partial charge in [-0.25, -0.2) is 0 Å². The number of rotatable bonds is 4. The summed E-state index contributed by atoms with van der Waals surface area (Å²) < 4.78 is 29.2. The van der Waals surface area contributed by atoms with E-state index in [4.69, 9.17) is 11.1 Å². The Morgan fingerprint density at radius 3 is 2.20 bits per heavy atom. The molecule has 20 heavy (non-hydrogen) atoms. The van der Waals surface area contributed by atoms with E-state index in [0.717, 1.165) is 32.4 Å². The van der Waals surface area contributed by atoms with E-state index in [1.54, 1.807) is 0 Å². The van der Waals surface area contributed by atoms with Gasteiger partial charge in [0.05, 0.1) is 5.54 Å². The van der Waals surface area contributed by atoms with Crippen molar-refractivity contribution in [2.24, 2.45) is 5.73 Å². The van der Waals surface area contributed by atoms with Gasteiger partial charge in [0.2, 0.25) is 0 Å². The van der Waals surface area contributed by atoms with Crippen molar-refractivity contribution in [3.8, 4) is 0 Å². The molecular formula is C12H25N5O2S. The molecule has 0 unspecified atom stereocenters. The van der Waals surface area contributed by atoms with Crippen molar-refractivity contribution in [1.29, 1.82) is 5.41 Å². The van der Waals surface area contributed by atoms with Crippen LogP contribution in [0.1, 0.15) is 32.1 Å². The average molecular weight is 303 g/mol. The number of likely N-dealkylation sites (tertiary alicyclic amines) is 1. The maximum Gasteiger partial charge on any atom is 0.280 e. The molecule has 2 heterocycles. The Hall–Kier alpha value is -0.700. The third-order valence-corrected chi connectivity index (χ3v) is 6.03. The average Bonchev–Trinajstić information content (AvgIpc) is 2.42. The van der Waals surface area contributed by atoms with Crippen molar-refractivity contribution in [2.75, 3.05) is 33.2 Å². The topological polar surface area (TPSA) is 103 Å². The van der Waals surface area contributed by atoms with Crippen LogP contribution in [0, 0.1) is 5.41 Å². The van der Waals surface area contributed by atoms with Crippen molar-refractivity contribution >= 4 is 16.0 Å². The SMILES string of the molecule is CN1CCC(NS(=O)(=O)N2CCCCC2)(C(=N)N)CC1. The third kappa shape index (κ3) is 3.30. The molecule has 7 nitrogen and oxygen atoms in total. The summed E-state index contributed by atoms with van der Waals surface area (Å²) in [7, 11) is -1.57. The molecule has 0 aromatic carbocycles. The smallest absolute Gasteiger partial charge is 0.280 e. The Morgan fingerprint density at radius 1 is 1.15 bits per heavy atom. The van der Waals surface area contributed by atoms with Gasteiger partial charge in [-0.2, -0.15) is 17.4 Å².